The van der Waals surface area contributed by atoms with E-state index in [0.717, 1.165) is 38.7 Å². The molecule has 4 nitrogen and oxygen atoms in total. The van der Waals surface area contributed by atoms with Gasteiger partial charge in [0.25, 0.3) is 0 Å². The highest BCUT2D eigenvalue weighted by atomic mass is 16.5. The van der Waals surface area contributed by atoms with Gasteiger partial charge in [-0.1, -0.05) is 13.3 Å². The first kappa shape index (κ1) is 17.4. The van der Waals surface area contributed by atoms with Gasteiger partial charge in [-0.15, -0.1) is 0 Å². The fourth-order valence-corrected chi connectivity index (χ4v) is 3.21. The normalized spacial score (nSPS) is 27.8. The Morgan fingerprint density at radius 1 is 1.40 bits per heavy atom. The Hall–Kier alpha value is -0.610. The van der Waals surface area contributed by atoms with Crippen molar-refractivity contribution in [3.63, 3.8) is 0 Å². The van der Waals surface area contributed by atoms with Gasteiger partial charge in [0.2, 0.25) is 0 Å². The number of hydrogen-bond donors (Lipinski definition) is 1. The molecule has 1 rings (SSSR count). The van der Waals surface area contributed by atoms with Crippen molar-refractivity contribution in [2.45, 2.75) is 77.5 Å². The van der Waals surface area contributed by atoms with Gasteiger partial charge in [0.05, 0.1) is 13.2 Å². The minimum atomic E-state index is -0.512. The van der Waals surface area contributed by atoms with Crippen LogP contribution in [0.1, 0.15) is 59.8 Å². The van der Waals surface area contributed by atoms with Gasteiger partial charge in [0.1, 0.15) is 5.54 Å². The summed E-state index contributed by atoms with van der Waals surface area (Å²) < 4.78 is 10.9. The van der Waals surface area contributed by atoms with Crippen molar-refractivity contribution in [3.05, 3.63) is 0 Å². The molecule has 3 atom stereocenters. The highest BCUT2D eigenvalue weighted by Crippen LogP contribution is 2.39. The third-order valence-electron chi connectivity index (χ3n) is 4.36. The highest BCUT2D eigenvalue weighted by molar-refractivity contribution is 5.81. The zero-order valence-electron chi connectivity index (χ0n) is 13.7. The van der Waals surface area contributed by atoms with Crippen LogP contribution >= 0.6 is 0 Å². The van der Waals surface area contributed by atoms with E-state index in [0.29, 0.717) is 12.0 Å². The Morgan fingerprint density at radius 2 is 2.10 bits per heavy atom. The van der Waals surface area contributed by atoms with E-state index >= 15 is 0 Å². The van der Waals surface area contributed by atoms with Crippen LogP contribution in [0, 0.1) is 5.92 Å². The predicted molar refractivity (Wildman–Crippen MR) is 80.7 cm³/mol. The molecular formula is C16H31NO3. The van der Waals surface area contributed by atoms with Crippen molar-refractivity contribution < 1.29 is 14.3 Å². The van der Waals surface area contributed by atoms with Crippen molar-refractivity contribution in [1.29, 1.82) is 0 Å². The summed E-state index contributed by atoms with van der Waals surface area (Å²) in [4.78, 5) is 12.3. The molecule has 1 N–H and O–H groups in total. The minimum Gasteiger partial charge on any atom is -0.468 e. The van der Waals surface area contributed by atoms with E-state index in [1.165, 1.54) is 7.11 Å². The van der Waals surface area contributed by atoms with Crippen molar-refractivity contribution in [1.82, 2.24) is 5.32 Å². The molecule has 0 aromatic carbocycles. The summed E-state index contributed by atoms with van der Waals surface area (Å²) in [5, 5.41) is 3.48. The summed E-state index contributed by atoms with van der Waals surface area (Å²) >= 11 is 0. The van der Waals surface area contributed by atoms with Crippen LogP contribution in [0.3, 0.4) is 0 Å². The van der Waals surface area contributed by atoms with Crippen LogP contribution in [-0.4, -0.2) is 37.4 Å². The van der Waals surface area contributed by atoms with E-state index in [1.54, 1.807) is 0 Å². The first-order valence-corrected chi connectivity index (χ1v) is 7.94. The molecule has 0 radical (unpaired) electrons. The molecular weight excluding hydrogens is 254 g/mol. The molecule has 0 aliphatic heterocycles. The van der Waals surface area contributed by atoms with Gasteiger partial charge in [0.15, 0.2) is 0 Å². The average Bonchev–Trinajstić information content (AvgIpc) is 2.80. The molecule has 0 aromatic heterocycles. The quantitative estimate of drug-likeness (QED) is 0.697. The first-order valence-electron chi connectivity index (χ1n) is 7.94. The number of ether oxygens (including phenoxy) is 2. The standard InChI is InChI=1S/C16H31NO3/c1-6-13(4)20-11-9-14-8-7-10-16(14,15(18)19-5)17-12(2)3/h12-14,17H,6-11H2,1-5H3. The molecule has 4 heteroatoms. The fourth-order valence-electron chi connectivity index (χ4n) is 3.21. The number of esters is 1. The lowest BCUT2D eigenvalue weighted by atomic mass is 9.84. The second-order valence-electron chi connectivity index (χ2n) is 6.23. The Balaban J connectivity index is 2.68. The summed E-state index contributed by atoms with van der Waals surface area (Å²) in [6.07, 6.45) is 5.24. The average molecular weight is 285 g/mol. The van der Waals surface area contributed by atoms with Crippen LogP contribution in [0.2, 0.25) is 0 Å². The zero-order valence-corrected chi connectivity index (χ0v) is 13.7. The molecule has 1 fully saturated rings. The number of hydrogen-bond acceptors (Lipinski definition) is 4. The predicted octanol–water partition coefficient (Wildman–Crippen LogP) is 2.90. The maximum Gasteiger partial charge on any atom is 0.326 e. The first-order chi connectivity index (χ1) is 9.46. The number of carbonyl (C=O) groups is 1. The van der Waals surface area contributed by atoms with E-state index in [1.807, 2.05) is 0 Å². The summed E-state index contributed by atoms with van der Waals surface area (Å²) in [6, 6.07) is 0.269. The van der Waals surface area contributed by atoms with Gasteiger partial charge in [-0.05, 0) is 52.4 Å². The number of nitrogens with one attached hydrogen (secondary N) is 1. The SMILES string of the molecule is CCC(C)OCCC1CCCC1(NC(C)C)C(=O)OC. The van der Waals surface area contributed by atoms with E-state index in [-0.39, 0.29) is 12.0 Å². The largest absolute Gasteiger partial charge is 0.468 e. The lowest BCUT2D eigenvalue weighted by Gasteiger charge is -2.35. The van der Waals surface area contributed by atoms with Gasteiger partial charge >= 0.3 is 5.97 Å². The van der Waals surface area contributed by atoms with Crippen LogP contribution in [0.5, 0.6) is 0 Å². The second kappa shape index (κ2) is 7.99. The molecule has 0 bridgehead atoms. The molecule has 1 saturated carbocycles. The zero-order chi connectivity index (χ0) is 15.2. The molecule has 0 spiro atoms. The van der Waals surface area contributed by atoms with Crippen LogP contribution in [0.4, 0.5) is 0 Å². The molecule has 0 saturated heterocycles. The lowest BCUT2D eigenvalue weighted by Crippen LogP contribution is -2.57. The molecule has 0 amide bonds. The molecule has 0 heterocycles. The summed E-state index contributed by atoms with van der Waals surface area (Å²) in [6.45, 7) is 9.09. The molecule has 20 heavy (non-hydrogen) atoms. The lowest BCUT2D eigenvalue weighted by molar-refractivity contribution is -0.151. The second-order valence-corrected chi connectivity index (χ2v) is 6.23. The smallest absolute Gasteiger partial charge is 0.326 e. The molecule has 0 aromatic rings. The van der Waals surface area contributed by atoms with Crippen LogP contribution in [0.15, 0.2) is 0 Å². The van der Waals surface area contributed by atoms with E-state index in [2.05, 4.69) is 33.0 Å². The van der Waals surface area contributed by atoms with Gasteiger partial charge in [0, 0.05) is 12.6 Å². The number of carbonyl (C=O) groups excluding carboxylic acids is 1. The Labute approximate surface area is 123 Å². The maximum absolute atomic E-state index is 12.3. The third kappa shape index (κ3) is 4.19. The van der Waals surface area contributed by atoms with Crippen molar-refractivity contribution in [2.75, 3.05) is 13.7 Å². The topological polar surface area (TPSA) is 47.6 Å². The number of rotatable bonds is 8. The van der Waals surface area contributed by atoms with Gasteiger partial charge < -0.3 is 9.47 Å². The van der Waals surface area contributed by atoms with Gasteiger partial charge in [-0.3, -0.25) is 10.1 Å². The maximum atomic E-state index is 12.3. The van der Waals surface area contributed by atoms with Crippen LogP contribution < -0.4 is 5.32 Å². The van der Waals surface area contributed by atoms with E-state index in [4.69, 9.17) is 9.47 Å². The Bertz CT molecular complexity index is 306. The molecule has 118 valence electrons. The molecule has 3 unspecified atom stereocenters. The van der Waals surface area contributed by atoms with E-state index in [9.17, 15) is 4.79 Å². The summed E-state index contributed by atoms with van der Waals surface area (Å²) in [7, 11) is 1.48. The van der Waals surface area contributed by atoms with Crippen molar-refractivity contribution in [3.8, 4) is 0 Å². The minimum absolute atomic E-state index is 0.114. The van der Waals surface area contributed by atoms with Crippen LogP contribution in [0.25, 0.3) is 0 Å². The summed E-state index contributed by atoms with van der Waals surface area (Å²) in [5.41, 5.74) is -0.512. The highest BCUT2D eigenvalue weighted by Gasteiger charge is 2.49. The van der Waals surface area contributed by atoms with E-state index < -0.39 is 5.54 Å². The van der Waals surface area contributed by atoms with Crippen LogP contribution in [-0.2, 0) is 14.3 Å². The molecule has 1 aliphatic rings. The third-order valence-corrected chi connectivity index (χ3v) is 4.36. The van der Waals surface area contributed by atoms with Gasteiger partial charge in [-0.2, -0.15) is 0 Å². The number of methoxy groups -OCH3 is 1. The Kier molecular flexibility index (Phi) is 6.96. The van der Waals surface area contributed by atoms with Crippen molar-refractivity contribution in [2.24, 2.45) is 5.92 Å². The van der Waals surface area contributed by atoms with Gasteiger partial charge in [-0.25, -0.2) is 0 Å². The van der Waals surface area contributed by atoms with Crippen molar-refractivity contribution >= 4 is 5.97 Å². The molecule has 1 aliphatic carbocycles. The monoisotopic (exact) mass is 285 g/mol. The Morgan fingerprint density at radius 3 is 2.65 bits per heavy atom. The fraction of sp³-hybridized carbons (Fsp3) is 0.938. The summed E-state index contributed by atoms with van der Waals surface area (Å²) in [5.74, 6) is 0.193.